The molecule has 0 bridgehead atoms. The summed E-state index contributed by atoms with van der Waals surface area (Å²) in [4.78, 5) is 11.5. The molecule has 1 rings (SSSR count). The minimum absolute atomic E-state index is 0.389. The normalized spacial score (nSPS) is 23.2. The van der Waals surface area contributed by atoms with Gasteiger partial charge in [0.25, 0.3) is 0 Å². The lowest BCUT2D eigenvalue weighted by atomic mass is 9.95. The molecule has 1 atom stereocenters. The van der Waals surface area contributed by atoms with Crippen molar-refractivity contribution < 1.29 is 4.79 Å². The number of hydrogen-bond donors (Lipinski definition) is 0. The van der Waals surface area contributed by atoms with Crippen LogP contribution in [-0.2, 0) is 4.79 Å². The Hall–Kier alpha value is -0.313. The van der Waals surface area contributed by atoms with Crippen LogP contribution in [0.3, 0.4) is 0 Å². The molecular formula is C9H19NOSi. The summed E-state index contributed by atoms with van der Waals surface area (Å²) in [6, 6.07) is 0. The average molecular weight is 185 g/mol. The van der Waals surface area contributed by atoms with E-state index in [1.165, 1.54) is 12.8 Å². The van der Waals surface area contributed by atoms with E-state index in [2.05, 4.69) is 24.6 Å². The summed E-state index contributed by atoms with van der Waals surface area (Å²) in [6.45, 7) is 7.67. The zero-order chi connectivity index (χ0) is 9.14. The molecule has 0 aliphatic carbocycles. The minimum atomic E-state index is -0.824. The molecule has 2 nitrogen and oxygen atoms in total. The van der Waals surface area contributed by atoms with E-state index in [4.69, 9.17) is 0 Å². The molecule has 1 heterocycles. The largest absolute Gasteiger partial charge is 0.372 e. The fourth-order valence-corrected chi connectivity index (χ4v) is 3.05. The van der Waals surface area contributed by atoms with Gasteiger partial charge >= 0.3 is 0 Å². The predicted octanol–water partition coefficient (Wildman–Crippen LogP) is 1.62. The van der Waals surface area contributed by atoms with Crippen LogP contribution >= 0.6 is 0 Å². The van der Waals surface area contributed by atoms with Crippen molar-refractivity contribution in [1.29, 1.82) is 0 Å². The van der Waals surface area contributed by atoms with Gasteiger partial charge in [0.1, 0.15) is 8.96 Å². The maximum Gasteiger partial charge on any atom is 0.219 e. The maximum atomic E-state index is 11.5. The zero-order valence-corrected chi connectivity index (χ0v) is 9.49. The van der Waals surface area contributed by atoms with Crippen LogP contribution in [0.4, 0.5) is 0 Å². The first-order chi connectivity index (χ1) is 5.66. The third-order valence-corrected chi connectivity index (χ3v) is 4.29. The second-order valence-electron chi connectivity index (χ2n) is 3.92. The van der Waals surface area contributed by atoms with E-state index in [-0.39, 0.29) is 0 Å². The second-order valence-corrected chi connectivity index (χ2v) is 6.73. The highest BCUT2D eigenvalue weighted by molar-refractivity contribution is 6.56. The van der Waals surface area contributed by atoms with E-state index in [0.29, 0.717) is 11.8 Å². The van der Waals surface area contributed by atoms with Crippen LogP contribution in [0.1, 0.15) is 26.2 Å². The SMILES string of the molecule is CCCCC1CN([SiH](C)C)C1=O. The first kappa shape index (κ1) is 9.77. The van der Waals surface area contributed by atoms with Gasteiger partial charge in [-0.3, -0.25) is 4.79 Å². The van der Waals surface area contributed by atoms with Crippen LogP contribution in [0.5, 0.6) is 0 Å². The maximum absolute atomic E-state index is 11.5. The van der Waals surface area contributed by atoms with Gasteiger partial charge in [0, 0.05) is 6.54 Å². The number of hydrogen-bond acceptors (Lipinski definition) is 1. The van der Waals surface area contributed by atoms with Crippen molar-refractivity contribution in [2.45, 2.75) is 39.3 Å². The fourth-order valence-electron chi connectivity index (χ4n) is 1.66. The van der Waals surface area contributed by atoms with Crippen LogP contribution in [0.25, 0.3) is 0 Å². The van der Waals surface area contributed by atoms with Gasteiger partial charge in [-0.05, 0) is 6.42 Å². The highest BCUT2D eigenvalue weighted by Crippen LogP contribution is 2.23. The summed E-state index contributed by atoms with van der Waals surface area (Å²) >= 11 is 0. The number of rotatable bonds is 4. The van der Waals surface area contributed by atoms with Gasteiger partial charge < -0.3 is 4.57 Å². The van der Waals surface area contributed by atoms with Gasteiger partial charge in [-0.25, -0.2) is 0 Å². The molecule has 0 aromatic carbocycles. The van der Waals surface area contributed by atoms with Crippen molar-refractivity contribution in [1.82, 2.24) is 4.57 Å². The van der Waals surface area contributed by atoms with E-state index in [9.17, 15) is 4.79 Å². The predicted molar refractivity (Wildman–Crippen MR) is 53.6 cm³/mol. The van der Waals surface area contributed by atoms with Gasteiger partial charge in [-0.15, -0.1) is 0 Å². The summed E-state index contributed by atoms with van der Waals surface area (Å²) in [7, 11) is -0.824. The van der Waals surface area contributed by atoms with Crippen molar-refractivity contribution in [3.63, 3.8) is 0 Å². The van der Waals surface area contributed by atoms with E-state index in [1.54, 1.807) is 0 Å². The Morgan fingerprint density at radius 1 is 1.58 bits per heavy atom. The van der Waals surface area contributed by atoms with Gasteiger partial charge in [0.05, 0.1) is 5.92 Å². The molecule has 0 aromatic rings. The van der Waals surface area contributed by atoms with Crippen LogP contribution in [0, 0.1) is 5.92 Å². The first-order valence-corrected chi connectivity index (χ1v) is 7.79. The standard InChI is InChI=1S/C9H19NOSi/c1-4-5-6-8-7-10(9(8)11)12(2)3/h8,12H,4-7H2,1-3H3. The highest BCUT2D eigenvalue weighted by Gasteiger charge is 2.36. The van der Waals surface area contributed by atoms with E-state index >= 15 is 0 Å². The number of amides is 1. The molecular weight excluding hydrogens is 166 g/mol. The number of β-lactam (4-membered cyclic amide) rings is 1. The Kier molecular flexibility index (Phi) is 3.32. The monoisotopic (exact) mass is 185 g/mol. The van der Waals surface area contributed by atoms with Crippen molar-refractivity contribution in [2.24, 2.45) is 5.92 Å². The van der Waals surface area contributed by atoms with Crippen LogP contribution in [-0.4, -0.2) is 26.0 Å². The quantitative estimate of drug-likeness (QED) is 0.481. The third kappa shape index (κ3) is 1.89. The summed E-state index contributed by atoms with van der Waals surface area (Å²) in [5.41, 5.74) is 0. The summed E-state index contributed by atoms with van der Waals surface area (Å²) in [5.74, 6) is 0.824. The molecule has 1 amide bonds. The third-order valence-electron chi connectivity index (χ3n) is 2.58. The Morgan fingerprint density at radius 2 is 2.25 bits per heavy atom. The molecule has 1 saturated heterocycles. The summed E-state index contributed by atoms with van der Waals surface area (Å²) in [6.07, 6.45) is 3.54. The van der Waals surface area contributed by atoms with Gasteiger partial charge in [0.2, 0.25) is 5.91 Å². The van der Waals surface area contributed by atoms with Gasteiger partial charge in [-0.2, -0.15) is 0 Å². The van der Waals surface area contributed by atoms with E-state index in [0.717, 1.165) is 13.0 Å². The van der Waals surface area contributed by atoms with Crippen molar-refractivity contribution in [3.8, 4) is 0 Å². The van der Waals surface area contributed by atoms with Crippen molar-refractivity contribution in [2.75, 3.05) is 6.54 Å². The van der Waals surface area contributed by atoms with Crippen LogP contribution in [0.15, 0.2) is 0 Å². The minimum Gasteiger partial charge on any atom is -0.372 e. The molecule has 1 unspecified atom stereocenters. The first-order valence-electron chi connectivity index (χ1n) is 4.97. The Balaban J connectivity index is 2.24. The smallest absolute Gasteiger partial charge is 0.219 e. The summed E-state index contributed by atoms with van der Waals surface area (Å²) < 4.78 is 2.10. The molecule has 1 aliphatic rings. The Labute approximate surface area is 76.6 Å². The highest BCUT2D eigenvalue weighted by atomic mass is 28.3. The molecule has 0 aromatic heterocycles. The number of nitrogens with zero attached hydrogens (tertiary/aromatic N) is 1. The van der Waals surface area contributed by atoms with Gasteiger partial charge in [-0.1, -0.05) is 32.9 Å². The lowest BCUT2D eigenvalue weighted by Crippen LogP contribution is -2.57. The van der Waals surface area contributed by atoms with E-state index < -0.39 is 8.96 Å². The lowest BCUT2D eigenvalue weighted by Gasteiger charge is -2.41. The van der Waals surface area contributed by atoms with Crippen molar-refractivity contribution in [3.05, 3.63) is 0 Å². The Morgan fingerprint density at radius 3 is 2.67 bits per heavy atom. The van der Waals surface area contributed by atoms with Crippen molar-refractivity contribution >= 4 is 14.9 Å². The Bertz CT molecular complexity index is 170. The topological polar surface area (TPSA) is 20.3 Å². The van der Waals surface area contributed by atoms with E-state index in [1.807, 2.05) is 0 Å². The summed E-state index contributed by atoms with van der Waals surface area (Å²) in [5, 5.41) is 0. The zero-order valence-electron chi connectivity index (χ0n) is 8.34. The molecule has 3 heteroatoms. The number of unbranched alkanes of at least 4 members (excludes halogenated alkanes) is 1. The molecule has 12 heavy (non-hydrogen) atoms. The molecule has 0 saturated carbocycles. The molecule has 1 aliphatic heterocycles. The number of carbonyl (C=O) groups is 1. The molecule has 70 valence electrons. The van der Waals surface area contributed by atoms with Crippen LogP contribution in [0.2, 0.25) is 13.1 Å². The van der Waals surface area contributed by atoms with Gasteiger partial charge in [0.15, 0.2) is 0 Å². The van der Waals surface area contributed by atoms with Crippen LogP contribution < -0.4 is 0 Å². The molecule has 0 spiro atoms. The average Bonchev–Trinajstić information content (AvgIpc) is 2.01. The molecule has 0 radical (unpaired) electrons. The fraction of sp³-hybridized carbons (Fsp3) is 0.889. The second kappa shape index (κ2) is 4.08. The lowest BCUT2D eigenvalue weighted by molar-refractivity contribution is -0.141. The number of carbonyl (C=O) groups excluding carboxylic acids is 1. The molecule has 1 fully saturated rings. The molecule has 0 N–H and O–H groups in total.